The molecule has 0 amide bonds. The fraction of sp³-hybridized carbons (Fsp3) is 0.500. The van der Waals surface area contributed by atoms with E-state index in [-0.39, 0.29) is 0 Å². The second kappa shape index (κ2) is 4.67. The Morgan fingerprint density at radius 3 is 3.06 bits per heavy atom. The molecule has 0 saturated carbocycles. The lowest BCUT2D eigenvalue weighted by Gasteiger charge is -2.13. The molecule has 2 aromatic rings. The van der Waals surface area contributed by atoms with Gasteiger partial charge >= 0.3 is 0 Å². The van der Waals surface area contributed by atoms with Gasteiger partial charge in [-0.05, 0) is 54.4 Å². The summed E-state index contributed by atoms with van der Waals surface area (Å²) in [6, 6.07) is 4.98. The van der Waals surface area contributed by atoms with Gasteiger partial charge in [-0.1, -0.05) is 0 Å². The molecule has 3 nitrogen and oxygen atoms in total. The van der Waals surface area contributed by atoms with Gasteiger partial charge in [0.2, 0.25) is 0 Å². The van der Waals surface area contributed by atoms with Gasteiger partial charge in [-0.2, -0.15) is 0 Å². The molecule has 0 bridgehead atoms. The highest BCUT2D eigenvalue weighted by atomic mass is 79.9. The number of likely N-dealkylation sites (tertiary alicyclic amines) is 1. The summed E-state index contributed by atoms with van der Waals surface area (Å²) >= 11 is 3.47. The van der Waals surface area contributed by atoms with E-state index in [1.54, 1.807) is 0 Å². The van der Waals surface area contributed by atoms with Gasteiger partial charge in [0, 0.05) is 41.4 Å². The molecule has 1 fully saturated rings. The van der Waals surface area contributed by atoms with Gasteiger partial charge < -0.3 is 9.47 Å². The monoisotopic (exact) mass is 307 g/mol. The summed E-state index contributed by atoms with van der Waals surface area (Å²) in [5.41, 5.74) is 1.10. The second-order valence-electron chi connectivity index (χ2n) is 5.42. The zero-order valence-electron chi connectivity index (χ0n) is 10.8. The predicted octanol–water partition coefficient (Wildman–Crippen LogP) is 3.14. The highest BCUT2D eigenvalue weighted by Crippen LogP contribution is 2.25. The van der Waals surface area contributed by atoms with Crippen molar-refractivity contribution < 1.29 is 0 Å². The SMILES string of the molecule is C[C@H]1CC(Cn2ccc3cc(Br)cnc32)CN1C. The lowest BCUT2D eigenvalue weighted by molar-refractivity contribution is 0.322. The lowest BCUT2D eigenvalue weighted by atomic mass is 10.1. The molecule has 3 heterocycles. The van der Waals surface area contributed by atoms with Crippen molar-refractivity contribution in [2.75, 3.05) is 13.6 Å². The van der Waals surface area contributed by atoms with Crippen LogP contribution >= 0.6 is 15.9 Å². The number of nitrogens with zero attached hydrogens (tertiary/aromatic N) is 3. The molecule has 0 aromatic carbocycles. The van der Waals surface area contributed by atoms with E-state index in [1.165, 1.54) is 18.4 Å². The van der Waals surface area contributed by atoms with Crippen LogP contribution in [0.2, 0.25) is 0 Å². The highest BCUT2D eigenvalue weighted by Gasteiger charge is 2.26. The summed E-state index contributed by atoms with van der Waals surface area (Å²) in [6.45, 7) is 4.58. The van der Waals surface area contributed by atoms with E-state index in [4.69, 9.17) is 0 Å². The molecule has 0 N–H and O–H groups in total. The number of pyridine rings is 1. The molecule has 96 valence electrons. The Morgan fingerprint density at radius 2 is 2.33 bits per heavy atom. The third kappa shape index (κ3) is 2.19. The average Bonchev–Trinajstić information content (AvgIpc) is 2.84. The average molecular weight is 308 g/mol. The fourth-order valence-electron chi connectivity index (χ4n) is 2.93. The van der Waals surface area contributed by atoms with Crippen LogP contribution in [-0.4, -0.2) is 34.1 Å². The van der Waals surface area contributed by atoms with Gasteiger partial charge in [-0.25, -0.2) is 4.98 Å². The first-order valence-electron chi connectivity index (χ1n) is 6.44. The molecule has 1 aliphatic heterocycles. The molecule has 18 heavy (non-hydrogen) atoms. The van der Waals surface area contributed by atoms with Gasteiger partial charge in [-0.15, -0.1) is 0 Å². The summed E-state index contributed by atoms with van der Waals surface area (Å²) in [4.78, 5) is 6.97. The van der Waals surface area contributed by atoms with E-state index in [0.717, 1.165) is 22.6 Å². The summed E-state index contributed by atoms with van der Waals surface area (Å²) in [5, 5.41) is 1.21. The summed E-state index contributed by atoms with van der Waals surface area (Å²) in [6.07, 6.45) is 5.32. The first-order valence-corrected chi connectivity index (χ1v) is 7.23. The van der Waals surface area contributed by atoms with E-state index in [0.29, 0.717) is 6.04 Å². The largest absolute Gasteiger partial charge is 0.332 e. The summed E-state index contributed by atoms with van der Waals surface area (Å²) in [5.74, 6) is 0.742. The number of halogens is 1. The molecule has 0 radical (unpaired) electrons. The van der Waals surface area contributed by atoms with Crippen LogP contribution in [0.1, 0.15) is 13.3 Å². The van der Waals surface area contributed by atoms with Crippen molar-refractivity contribution in [3.05, 3.63) is 29.0 Å². The van der Waals surface area contributed by atoms with Crippen LogP contribution in [0.25, 0.3) is 11.0 Å². The number of fused-ring (bicyclic) bond motifs is 1. The Hall–Kier alpha value is -0.870. The van der Waals surface area contributed by atoms with E-state index in [2.05, 4.69) is 62.7 Å². The zero-order chi connectivity index (χ0) is 12.7. The van der Waals surface area contributed by atoms with Crippen molar-refractivity contribution in [3.8, 4) is 0 Å². The van der Waals surface area contributed by atoms with Gasteiger partial charge in [0.15, 0.2) is 0 Å². The minimum Gasteiger partial charge on any atom is -0.332 e. The van der Waals surface area contributed by atoms with Crippen molar-refractivity contribution in [2.45, 2.75) is 25.9 Å². The van der Waals surface area contributed by atoms with E-state index < -0.39 is 0 Å². The summed E-state index contributed by atoms with van der Waals surface area (Å²) < 4.78 is 3.33. The minimum atomic E-state index is 0.707. The minimum absolute atomic E-state index is 0.707. The van der Waals surface area contributed by atoms with Crippen LogP contribution in [0.15, 0.2) is 29.0 Å². The third-order valence-corrected chi connectivity index (χ3v) is 4.43. The van der Waals surface area contributed by atoms with Crippen LogP contribution in [0.3, 0.4) is 0 Å². The smallest absolute Gasteiger partial charge is 0.139 e. The standard InChI is InChI=1S/C14H18BrN3/c1-10-5-11(8-17(10)2)9-18-4-3-12-6-13(15)7-16-14(12)18/h3-4,6-7,10-11H,5,8-9H2,1-2H3/t10-,11?/m0/s1. The van der Waals surface area contributed by atoms with Crippen molar-refractivity contribution in [1.82, 2.24) is 14.5 Å². The molecule has 1 unspecified atom stereocenters. The van der Waals surface area contributed by atoms with Crippen LogP contribution in [0.5, 0.6) is 0 Å². The quantitative estimate of drug-likeness (QED) is 0.850. The maximum Gasteiger partial charge on any atom is 0.139 e. The molecule has 1 aliphatic rings. The van der Waals surface area contributed by atoms with Gasteiger partial charge in [0.05, 0.1) is 0 Å². The topological polar surface area (TPSA) is 21.1 Å². The predicted molar refractivity (Wildman–Crippen MR) is 77.6 cm³/mol. The third-order valence-electron chi connectivity index (χ3n) is 4.00. The molecule has 2 aromatic heterocycles. The van der Waals surface area contributed by atoms with E-state index in [1.807, 2.05) is 6.20 Å². The molecular formula is C14H18BrN3. The van der Waals surface area contributed by atoms with Crippen LogP contribution in [0.4, 0.5) is 0 Å². The lowest BCUT2D eigenvalue weighted by Crippen LogP contribution is -2.22. The Morgan fingerprint density at radius 1 is 1.50 bits per heavy atom. The maximum absolute atomic E-state index is 4.52. The van der Waals surface area contributed by atoms with Crippen molar-refractivity contribution >= 4 is 27.0 Å². The highest BCUT2D eigenvalue weighted by molar-refractivity contribution is 9.10. The fourth-order valence-corrected chi connectivity index (χ4v) is 3.28. The van der Waals surface area contributed by atoms with Crippen molar-refractivity contribution in [3.63, 3.8) is 0 Å². The number of rotatable bonds is 2. The Bertz CT molecular complexity index is 553. The number of aromatic nitrogens is 2. The Balaban J connectivity index is 1.83. The number of hydrogen-bond acceptors (Lipinski definition) is 2. The van der Waals surface area contributed by atoms with E-state index in [9.17, 15) is 0 Å². The molecule has 2 atom stereocenters. The van der Waals surface area contributed by atoms with Gasteiger partial charge in [-0.3, -0.25) is 0 Å². The summed E-state index contributed by atoms with van der Waals surface area (Å²) in [7, 11) is 2.22. The first kappa shape index (κ1) is 12.2. The Labute approximate surface area is 116 Å². The molecule has 4 heteroatoms. The zero-order valence-corrected chi connectivity index (χ0v) is 12.4. The molecule has 0 aliphatic carbocycles. The van der Waals surface area contributed by atoms with Crippen molar-refractivity contribution in [1.29, 1.82) is 0 Å². The van der Waals surface area contributed by atoms with Crippen LogP contribution in [-0.2, 0) is 6.54 Å². The second-order valence-corrected chi connectivity index (χ2v) is 6.34. The molecule has 1 saturated heterocycles. The normalized spacial score (nSPS) is 25.1. The molecule has 0 spiro atoms. The van der Waals surface area contributed by atoms with Crippen LogP contribution < -0.4 is 0 Å². The molecular weight excluding hydrogens is 290 g/mol. The van der Waals surface area contributed by atoms with Crippen molar-refractivity contribution in [2.24, 2.45) is 5.92 Å². The first-order chi connectivity index (χ1) is 8.63. The Kier molecular flexibility index (Phi) is 3.16. The van der Waals surface area contributed by atoms with Crippen LogP contribution in [0, 0.1) is 5.92 Å². The van der Waals surface area contributed by atoms with Gasteiger partial charge in [0.25, 0.3) is 0 Å². The maximum atomic E-state index is 4.52. The molecule has 3 rings (SSSR count). The van der Waals surface area contributed by atoms with E-state index >= 15 is 0 Å². The van der Waals surface area contributed by atoms with Gasteiger partial charge in [0.1, 0.15) is 5.65 Å². The number of hydrogen-bond donors (Lipinski definition) is 0.